The first-order valence-electron chi connectivity index (χ1n) is 4.00. The standard InChI is InChI=1S/C9H7BrN2O2/c10-7-1-2-8-6(4-11-12-8)5(7)3-9(13)14/h1-2,4H,3H2,(H,11,12)(H,13,14). The van der Waals surface area contributed by atoms with Crippen molar-refractivity contribution in [2.24, 2.45) is 0 Å². The van der Waals surface area contributed by atoms with Crippen molar-refractivity contribution in [2.45, 2.75) is 6.42 Å². The molecule has 0 spiro atoms. The van der Waals surface area contributed by atoms with Crippen molar-refractivity contribution in [3.8, 4) is 0 Å². The number of carbonyl (C=O) groups is 1. The van der Waals surface area contributed by atoms with Crippen molar-refractivity contribution in [3.63, 3.8) is 0 Å². The third kappa shape index (κ3) is 1.50. The highest BCUT2D eigenvalue weighted by molar-refractivity contribution is 9.10. The van der Waals surface area contributed by atoms with Gasteiger partial charge in [0.25, 0.3) is 0 Å². The minimum atomic E-state index is -0.848. The van der Waals surface area contributed by atoms with Gasteiger partial charge in [0.15, 0.2) is 0 Å². The molecule has 0 fully saturated rings. The van der Waals surface area contributed by atoms with Gasteiger partial charge in [-0.3, -0.25) is 9.89 Å². The Bertz CT molecular complexity index is 493. The van der Waals surface area contributed by atoms with Crippen LogP contribution in [0.25, 0.3) is 10.9 Å². The van der Waals surface area contributed by atoms with E-state index in [-0.39, 0.29) is 6.42 Å². The number of H-pyrrole nitrogens is 1. The molecule has 0 radical (unpaired) electrons. The molecule has 2 aromatic rings. The van der Waals surface area contributed by atoms with Crippen LogP contribution in [0, 0.1) is 0 Å². The van der Waals surface area contributed by atoms with Crippen LogP contribution in [0.5, 0.6) is 0 Å². The fourth-order valence-electron chi connectivity index (χ4n) is 1.38. The molecule has 5 heteroatoms. The number of carboxylic acid groups (broad SMARTS) is 1. The minimum Gasteiger partial charge on any atom is -0.481 e. The van der Waals surface area contributed by atoms with E-state index in [9.17, 15) is 4.79 Å². The maximum atomic E-state index is 10.6. The summed E-state index contributed by atoms with van der Waals surface area (Å²) < 4.78 is 0.800. The summed E-state index contributed by atoms with van der Waals surface area (Å²) in [5.74, 6) is -0.848. The third-order valence-electron chi connectivity index (χ3n) is 2.01. The van der Waals surface area contributed by atoms with E-state index >= 15 is 0 Å². The predicted molar refractivity (Wildman–Crippen MR) is 55.1 cm³/mol. The summed E-state index contributed by atoms with van der Waals surface area (Å²) >= 11 is 3.33. The lowest BCUT2D eigenvalue weighted by molar-refractivity contribution is -0.136. The number of fused-ring (bicyclic) bond motifs is 1. The Morgan fingerprint density at radius 1 is 1.57 bits per heavy atom. The molecule has 72 valence electrons. The van der Waals surface area contributed by atoms with Crippen molar-refractivity contribution in [2.75, 3.05) is 0 Å². The van der Waals surface area contributed by atoms with Crippen molar-refractivity contribution in [1.82, 2.24) is 10.2 Å². The van der Waals surface area contributed by atoms with Gasteiger partial charge in [0.05, 0.1) is 18.1 Å². The molecule has 1 heterocycles. The lowest BCUT2D eigenvalue weighted by Crippen LogP contribution is -2.01. The van der Waals surface area contributed by atoms with Gasteiger partial charge in [-0.2, -0.15) is 5.10 Å². The maximum absolute atomic E-state index is 10.6. The Hall–Kier alpha value is -1.36. The van der Waals surface area contributed by atoms with E-state index in [1.165, 1.54) is 0 Å². The first-order chi connectivity index (χ1) is 6.68. The molecule has 0 unspecified atom stereocenters. The molecule has 0 atom stereocenters. The van der Waals surface area contributed by atoms with Gasteiger partial charge >= 0.3 is 5.97 Å². The van der Waals surface area contributed by atoms with E-state index in [1.54, 1.807) is 6.20 Å². The molecular weight excluding hydrogens is 248 g/mol. The number of aromatic nitrogens is 2. The molecule has 1 aromatic carbocycles. The highest BCUT2D eigenvalue weighted by atomic mass is 79.9. The number of hydrogen-bond donors (Lipinski definition) is 2. The summed E-state index contributed by atoms with van der Waals surface area (Å²) in [6, 6.07) is 3.68. The quantitative estimate of drug-likeness (QED) is 0.861. The average molecular weight is 255 g/mol. The molecule has 0 saturated heterocycles. The van der Waals surface area contributed by atoms with Gasteiger partial charge in [-0.15, -0.1) is 0 Å². The molecule has 0 aliphatic rings. The molecular formula is C9H7BrN2O2. The van der Waals surface area contributed by atoms with Crippen molar-refractivity contribution in [3.05, 3.63) is 28.4 Å². The van der Waals surface area contributed by atoms with Crippen molar-refractivity contribution >= 4 is 32.8 Å². The van der Waals surface area contributed by atoms with Crippen molar-refractivity contribution < 1.29 is 9.90 Å². The summed E-state index contributed by atoms with van der Waals surface area (Å²) in [5, 5.41) is 16.3. The van der Waals surface area contributed by atoms with Crippen LogP contribution in [0.2, 0.25) is 0 Å². The third-order valence-corrected chi connectivity index (χ3v) is 2.75. The van der Waals surface area contributed by atoms with Crippen LogP contribution in [0.15, 0.2) is 22.8 Å². The van der Waals surface area contributed by atoms with Crippen LogP contribution in [-0.2, 0) is 11.2 Å². The molecule has 0 aliphatic heterocycles. The minimum absolute atomic E-state index is 0.00252. The highest BCUT2D eigenvalue weighted by Crippen LogP contribution is 2.25. The lowest BCUT2D eigenvalue weighted by Gasteiger charge is -2.02. The van der Waals surface area contributed by atoms with Gasteiger partial charge in [-0.25, -0.2) is 0 Å². The second-order valence-electron chi connectivity index (χ2n) is 2.93. The number of halogens is 1. The van der Waals surface area contributed by atoms with Gasteiger partial charge in [0.1, 0.15) is 0 Å². The molecule has 2 N–H and O–H groups in total. The van der Waals surface area contributed by atoms with Crippen LogP contribution in [0.4, 0.5) is 0 Å². The van der Waals surface area contributed by atoms with Gasteiger partial charge in [-0.05, 0) is 17.7 Å². The van der Waals surface area contributed by atoms with E-state index in [0.717, 1.165) is 20.9 Å². The second-order valence-corrected chi connectivity index (χ2v) is 3.78. The summed E-state index contributed by atoms with van der Waals surface area (Å²) in [6.45, 7) is 0. The number of rotatable bonds is 2. The lowest BCUT2D eigenvalue weighted by atomic mass is 10.1. The number of benzene rings is 1. The van der Waals surface area contributed by atoms with Crippen LogP contribution < -0.4 is 0 Å². The number of nitrogens with one attached hydrogen (secondary N) is 1. The van der Waals surface area contributed by atoms with Gasteiger partial charge in [0, 0.05) is 9.86 Å². The van der Waals surface area contributed by atoms with Crippen molar-refractivity contribution in [1.29, 1.82) is 0 Å². The SMILES string of the molecule is O=C(O)Cc1c(Br)ccc2[nH]ncc12. The normalized spacial score (nSPS) is 10.6. The monoisotopic (exact) mass is 254 g/mol. The largest absolute Gasteiger partial charge is 0.481 e. The van der Waals surface area contributed by atoms with Crippen LogP contribution in [0.3, 0.4) is 0 Å². The predicted octanol–water partition coefficient (Wildman–Crippen LogP) is 1.95. The zero-order valence-corrected chi connectivity index (χ0v) is 8.71. The summed E-state index contributed by atoms with van der Waals surface area (Å²) in [4.78, 5) is 10.6. The fraction of sp³-hybridized carbons (Fsp3) is 0.111. The molecule has 1 aromatic heterocycles. The van der Waals surface area contributed by atoms with Gasteiger partial charge < -0.3 is 5.11 Å². The van der Waals surface area contributed by atoms with E-state index < -0.39 is 5.97 Å². The van der Waals surface area contributed by atoms with Gasteiger partial charge in [-0.1, -0.05) is 15.9 Å². The topological polar surface area (TPSA) is 66.0 Å². The summed E-state index contributed by atoms with van der Waals surface area (Å²) in [6.07, 6.45) is 1.63. The number of aliphatic carboxylic acids is 1. The Kier molecular flexibility index (Phi) is 2.25. The zero-order chi connectivity index (χ0) is 10.1. The van der Waals surface area contributed by atoms with Crippen LogP contribution in [-0.4, -0.2) is 21.3 Å². The molecule has 0 amide bonds. The maximum Gasteiger partial charge on any atom is 0.307 e. The fourth-order valence-corrected chi connectivity index (χ4v) is 1.87. The molecule has 4 nitrogen and oxygen atoms in total. The Balaban J connectivity index is 2.64. The van der Waals surface area contributed by atoms with E-state index in [4.69, 9.17) is 5.11 Å². The second kappa shape index (κ2) is 3.42. The molecule has 0 bridgehead atoms. The molecule has 0 saturated carbocycles. The van der Waals surface area contributed by atoms with Crippen LogP contribution in [0.1, 0.15) is 5.56 Å². The highest BCUT2D eigenvalue weighted by Gasteiger charge is 2.10. The number of carboxylic acids is 1. The van der Waals surface area contributed by atoms with Gasteiger partial charge in [0.2, 0.25) is 0 Å². The number of aromatic amines is 1. The Morgan fingerprint density at radius 3 is 3.07 bits per heavy atom. The van der Waals surface area contributed by atoms with Crippen LogP contribution >= 0.6 is 15.9 Å². The zero-order valence-electron chi connectivity index (χ0n) is 7.12. The first-order valence-corrected chi connectivity index (χ1v) is 4.80. The first kappa shape index (κ1) is 9.21. The molecule has 14 heavy (non-hydrogen) atoms. The molecule has 0 aliphatic carbocycles. The average Bonchev–Trinajstić information content (AvgIpc) is 2.57. The summed E-state index contributed by atoms with van der Waals surface area (Å²) in [7, 11) is 0. The number of hydrogen-bond acceptors (Lipinski definition) is 2. The van der Waals surface area contributed by atoms with E-state index in [1.807, 2.05) is 12.1 Å². The smallest absolute Gasteiger partial charge is 0.307 e. The Morgan fingerprint density at radius 2 is 2.36 bits per heavy atom. The summed E-state index contributed by atoms with van der Waals surface area (Å²) in [5.41, 5.74) is 1.60. The van der Waals surface area contributed by atoms with E-state index in [0.29, 0.717) is 0 Å². The van der Waals surface area contributed by atoms with E-state index in [2.05, 4.69) is 26.1 Å². The Labute approximate surface area is 88.1 Å². The molecule has 2 rings (SSSR count). The number of nitrogens with zero attached hydrogens (tertiary/aromatic N) is 1.